The van der Waals surface area contributed by atoms with Crippen LogP contribution in [0.5, 0.6) is 5.88 Å². The maximum absolute atomic E-state index is 12.8. The standard InChI is InChI=1S/C27H32F3N5O2/c28-27(29,30)18-37-25-9-6-20-11-15-34(16-12-23(20)33-25)14-10-19-4-7-21(8-5-19)32-26(36)22-17-31-35-13-2-1-3-24(22)35/h1-3,6,9,13,17,19,21H,4-5,7-8,10-12,14-16,18H2,(H,32,36). The zero-order valence-electron chi connectivity index (χ0n) is 20.7. The van der Waals surface area contributed by atoms with E-state index in [4.69, 9.17) is 4.74 Å². The fourth-order valence-corrected chi connectivity index (χ4v) is 5.40. The third-order valence-corrected chi connectivity index (χ3v) is 7.50. The van der Waals surface area contributed by atoms with Crippen molar-refractivity contribution >= 4 is 11.4 Å². The molecule has 0 saturated heterocycles. The van der Waals surface area contributed by atoms with Crippen molar-refractivity contribution in [2.75, 3.05) is 26.2 Å². The lowest BCUT2D eigenvalue weighted by Crippen LogP contribution is -2.38. The molecule has 0 spiro atoms. The first-order chi connectivity index (χ1) is 17.8. The van der Waals surface area contributed by atoms with Crippen molar-refractivity contribution in [1.82, 2.24) is 24.8 Å². The van der Waals surface area contributed by atoms with Crippen LogP contribution in [0, 0.1) is 5.92 Å². The molecule has 0 unspecified atom stereocenters. The number of hydrogen-bond acceptors (Lipinski definition) is 5. The van der Waals surface area contributed by atoms with Crippen molar-refractivity contribution < 1.29 is 22.7 Å². The van der Waals surface area contributed by atoms with Crippen LogP contribution in [0.3, 0.4) is 0 Å². The molecule has 0 atom stereocenters. The monoisotopic (exact) mass is 515 g/mol. The Kier molecular flexibility index (Phi) is 7.64. The number of alkyl halides is 3. The minimum absolute atomic E-state index is 0.0370. The summed E-state index contributed by atoms with van der Waals surface area (Å²) in [4.78, 5) is 19.6. The number of fused-ring (bicyclic) bond motifs is 2. The topological polar surface area (TPSA) is 71.8 Å². The van der Waals surface area contributed by atoms with Crippen LogP contribution in [0.25, 0.3) is 5.52 Å². The van der Waals surface area contributed by atoms with E-state index in [9.17, 15) is 18.0 Å². The molecule has 3 aromatic rings. The highest BCUT2D eigenvalue weighted by atomic mass is 19.4. The summed E-state index contributed by atoms with van der Waals surface area (Å²) in [6.45, 7) is 1.43. The molecule has 10 heteroatoms. The molecule has 4 heterocycles. The van der Waals surface area contributed by atoms with Crippen molar-refractivity contribution in [1.29, 1.82) is 0 Å². The second-order valence-electron chi connectivity index (χ2n) is 10.1. The number of carbonyl (C=O) groups excluding carboxylic acids is 1. The maximum Gasteiger partial charge on any atom is 0.422 e. The number of ether oxygens (including phenoxy) is 1. The van der Waals surface area contributed by atoms with Gasteiger partial charge in [0.05, 0.1) is 17.3 Å². The van der Waals surface area contributed by atoms with Gasteiger partial charge in [0.25, 0.3) is 5.91 Å². The molecule has 37 heavy (non-hydrogen) atoms. The van der Waals surface area contributed by atoms with Crippen LogP contribution in [0.4, 0.5) is 13.2 Å². The van der Waals surface area contributed by atoms with Crippen LogP contribution < -0.4 is 10.1 Å². The number of hydrogen-bond donors (Lipinski definition) is 1. The minimum atomic E-state index is -4.37. The molecular weight excluding hydrogens is 483 g/mol. The second-order valence-corrected chi connectivity index (χ2v) is 10.1. The van der Waals surface area contributed by atoms with Gasteiger partial charge < -0.3 is 15.0 Å². The number of rotatable bonds is 7. The quantitative estimate of drug-likeness (QED) is 0.504. The summed E-state index contributed by atoms with van der Waals surface area (Å²) in [5.41, 5.74) is 3.35. The Morgan fingerprint density at radius 3 is 2.70 bits per heavy atom. The highest BCUT2D eigenvalue weighted by Crippen LogP contribution is 2.28. The van der Waals surface area contributed by atoms with Gasteiger partial charge in [0.15, 0.2) is 6.61 Å². The maximum atomic E-state index is 12.8. The van der Waals surface area contributed by atoms with E-state index in [0.29, 0.717) is 17.9 Å². The number of halogens is 3. The predicted molar refractivity (Wildman–Crippen MR) is 133 cm³/mol. The zero-order valence-corrected chi connectivity index (χ0v) is 20.7. The molecule has 1 N–H and O–H groups in total. The van der Waals surface area contributed by atoms with Crippen molar-refractivity contribution in [2.24, 2.45) is 5.92 Å². The molecule has 1 amide bonds. The Hall–Kier alpha value is -3.14. The van der Waals surface area contributed by atoms with Crippen LogP contribution >= 0.6 is 0 Å². The van der Waals surface area contributed by atoms with Crippen molar-refractivity contribution in [3.05, 3.63) is 59.5 Å². The Morgan fingerprint density at radius 2 is 1.89 bits per heavy atom. The lowest BCUT2D eigenvalue weighted by molar-refractivity contribution is -0.154. The average molecular weight is 516 g/mol. The first-order valence-electron chi connectivity index (χ1n) is 13.0. The average Bonchev–Trinajstić information content (AvgIpc) is 3.22. The Bertz CT molecular complexity index is 1220. The molecule has 7 nitrogen and oxygen atoms in total. The van der Waals surface area contributed by atoms with Crippen molar-refractivity contribution in [3.8, 4) is 5.88 Å². The molecule has 1 aliphatic carbocycles. The minimum Gasteiger partial charge on any atom is -0.468 e. The normalized spacial score (nSPS) is 20.8. The van der Waals surface area contributed by atoms with Gasteiger partial charge in [-0.15, -0.1) is 0 Å². The molecule has 0 radical (unpaired) electrons. The highest BCUT2D eigenvalue weighted by molar-refractivity contribution is 6.00. The van der Waals surface area contributed by atoms with E-state index in [1.54, 1.807) is 10.7 Å². The van der Waals surface area contributed by atoms with E-state index in [1.807, 2.05) is 30.5 Å². The smallest absolute Gasteiger partial charge is 0.422 e. The Morgan fingerprint density at radius 1 is 1.08 bits per heavy atom. The van der Waals surface area contributed by atoms with Crippen LogP contribution in [0.2, 0.25) is 0 Å². The summed E-state index contributed by atoms with van der Waals surface area (Å²) in [5, 5.41) is 7.45. The SMILES string of the molecule is O=C(NC1CCC(CCN2CCc3ccc(OCC(F)(F)F)nc3CC2)CC1)c1cnn2ccccc12. The van der Waals surface area contributed by atoms with Crippen molar-refractivity contribution in [3.63, 3.8) is 0 Å². The van der Waals surface area contributed by atoms with Gasteiger partial charge in [-0.25, -0.2) is 9.50 Å². The van der Waals surface area contributed by atoms with E-state index in [1.165, 1.54) is 6.07 Å². The van der Waals surface area contributed by atoms with Gasteiger partial charge in [-0.05, 0) is 68.7 Å². The van der Waals surface area contributed by atoms with Gasteiger partial charge in [0.1, 0.15) is 0 Å². The number of pyridine rings is 2. The molecule has 0 aromatic carbocycles. The summed E-state index contributed by atoms with van der Waals surface area (Å²) in [6, 6.07) is 9.26. The molecule has 198 valence electrons. The zero-order chi connectivity index (χ0) is 25.8. The predicted octanol–water partition coefficient (Wildman–Crippen LogP) is 4.45. The number of amides is 1. The van der Waals surface area contributed by atoms with Gasteiger partial charge >= 0.3 is 6.18 Å². The van der Waals surface area contributed by atoms with Crippen LogP contribution in [-0.4, -0.2) is 63.9 Å². The molecule has 5 rings (SSSR count). The molecule has 2 aliphatic rings. The lowest BCUT2D eigenvalue weighted by atomic mass is 9.84. The van der Waals surface area contributed by atoms with E-state index in [2.05, 4.69) is 20.3 Å². The van der Waals surface area contributed by atoms with Gasteiger partial charge in [0, 0.05) is 43.5 Å². The largest absolute Gasteiger partial charge is 0.468 e. The third-order valence-electron chi connectivity index (χ3n) is 7.50. The van der Waals surface area contributed by atoms with Gasteiger partial charge in [0.2, 0.25) is 5.88 Å². The first-order valence-corrected chi connectivity index (χ1v) is 13.0. The summed E-state index contributed by atoms with van der Waals surface area (Å²) >= 11 is 0. The Balaban J connectivity index is 1.05. The molecule has 1 saturated carbocycles. The molecule has 0 bridgehead atoms. The summed E-state index contributed by atoms with van der Waals surface area (Å²) in [5.74, 6) is 0.612. The second kappa shape index (κ2) is 11.1. The summed E-state index contributed by atoms with van der Waals surface area (Å²) in [6.07, 6.45) is 5.89. The lowest BCUT2D eigenvalue weighted by Gasteiger charge is -2.30. The van der Waals surface area contributed by atoms with Crippen LogP contribution in [0.1, 0.15) is 53.7 Å². The molecule has 3 aromatic heterocycles. The van der Waals surface area contributed by atoms with Gasteiger partial charge in [-0.3, -0.25) is 4.79 Å². The van der Waals surface area contributed by atoms with Gasteiger partial charge in [-0.2, -0.15) is 18.3 Å². The third kappa shape index (κ3) is 6.60. The summed E-state index contributed by atoms with van der Waals surface area (Å²) < 4.78 is 43.9. The number of nitrogens with one attached hydrogen (secondary N) is 1. The summed E-state index contributed by atoms with van der Waals surface area (Å²) in [7, 11) is 0. The molecular formula is C27H32F3N5O2. The number of carbonyl (C=O) groups is 1. The number of aromatic nitrogens is 3. The fourth-order valence-electron chi connectivity index (χ4n) is 5.40. The molecule has 1 aliphatic heterocycles. The van der Waals surface area contributed by atoms with E-state index in [0.717, 1.165) is 74.9 Å². The van der Waals surface area contributed by atoms with Crippen LogP contribution in [0.15, 0.2) is 42.7 Å². The van der Waals surface area contributed by atoms with Crippen molar-refractivity contribution in [2.45, 2.75) is 57.2 Å². The van der Waals surface area contributed by atoms with E-state index >= 15 is 0 Å². The van der Waals surface area contributed by atoms with Gasteiger partial charge in [-0.1, -0.05) is 12.1 Å². The van der Waals surface area contributed by atoms with E-state index in [-0.39, 0.29) is 17.8 Å². The first kappa shape index (κ1) is 25.5. The number of nitrogens with zero attached hydrogens (tertiary/aromatic N) is 4. The molecule has 1 fully saturated rings. The van der Waals surface area contributed by atoms with Crippen LogP contribution in [-0.2, 0) is 12.8 Å². The van der Waals surface area contributed by atoms with E-state index < -0.39 is 12.8 Å². The Labute approximate surface area is 214 Å². The highest BCUT2D eigenvalue weighted by Gasteiger charge is 2.29. The fraction of sp³-hybridized carbons (Fsp3) is 0.519.